The second-order valence-corrected chi connectivity index (χ2v) is 6.64. The number of nitrogen functional groups attached to an aromatic ring is 1. The van der Waals surface area contributed by atoms with Crippen LogP contribution < -0.4 is 16.2 Å². The normalized spacial score (nSPS) is 25.1. The molecule has 1 aliphatic rings. The van der Waals surface area contributed by atoms with Crippen molar-refractivity contribution in [2.24, 2.45) is 5.92 Å². The summed E-state index contributed by atoms with van der Waals surface area (Å²) in [5.74, 6) is 0.259. The molecule has 2 aromatic rings. The highest BCUT2D eigenvalue weighted by molar-refractivity contribution is 7.16. The summed E-state index contributed by atoms with van der Waals surface area (Å²) >= 11 is 0.894. The standard InChI is InChI=1S/C14H20N4O3S/c1-3-5-8-6-7(4-2)12(21-8)18-10-9(22-14(18)20)11(19)17-13(15)16-10/h7-8,12H,3-6H2,1-2H3,(H3,15,16,17,19). The molecule has 22 heavy (non-hydrogen) atoms. The number of aromatic amines is 1. The van der Waals surface area contributed by atoms with Crippen molar-refractivity contribution >= 4 is 27.6 Å². The van der Waals surface area contributed by atoms with Gasteiger partial charge < -0.3 is 10.5 Å². The quantitative estimate of drug-likeness (QED) is 0.893. The molecule has 0 saturated carbocycles. The van der Waals surface area contributed by atoms with E-state index in [1.54, 1.807) is 0 Å². The zero-order valence-corrected chi connectivity index (χ0v) is 13.5. The number of fused-ring (bicyclic) bond motifs is 1. The molecule has 1 aliphatic heterocycles. The molecule has 0 amide bonds. The highest BCUT2D eigenvalue weighted by Gasteiger charge is 2.37. The fourth-order valence-corrected chi connectivity index (χ4v) is 3.98. The minimum Gasteiger partial charge on any atom is -0.369 e. The summed E-state index contributed by atoms with van der Waals surface area (Å²) in [4.78, 5) is 30.7. The van der Waals surface area contributed by atoms with Crippen LogP contribution in [0.2, 0.25) is 0 Å². The lowest BCUT2D eigenvalue weighted by molar-refractivity contribution is -0.0148. The first-order valence-electron chi connectivity index (χ1n) is 7.61. The zero-order chi connectivity index (χ0) is 15.9. The van der Waals surface area contributed by atoms with Crippen LogP contribution in [-0.2, 0) is 4.74 Å². The minimum atomic E-state index is -0.375. The van der Waals surface area contributed by atoms with E-state index in [1.807, 2.05) is 0 Å². The van der Waals surface area contributed by atoms with Crippen LogP contribution in [-0.4, -0.2) is 20.6 Å². The van der Waals surface area contributed by atoms with Crippen LogP contribution in [0.4, 0.5) is 5.95 Å². The molecule has 3 atom stereocenters. The molecule has 1 saturated heterocycles. The number of ether oxygens (including phenoxy) is 1. The van der Waals surface area contributed by atoms with Crippen molar-refractivity contribution in [1.82, 2.24) is 14.5 Å². The summed E-state index contributed by atoms with van der Waals surface area (Å²) in [5, 5.41) is 0. The van der Waals surface area contributed by atoms with Gasteiger partial charge in [-0.1, -0.05) is 31.6 Å². The predicted molar refractivity (Wildman–Crippen MR) is 86.1 cm³/mol. The maximum atomic E-state index is 12.4. The lowest BCUT2D eigenvalue weighted by Crippen LogP contribution is -2.25. The Morgan fingerprint density at radius 1 is 1.45 bits per heavy atom. The van der Waals surface area contributed by atoms with E-state index < -0.39 is 0 Å². The maximum absolute atomic E-state index is 12.4. The lowest BCUT2D eigenvalue weighted by atomic mass is 9.98. The van der Waals surface area contributed by atoms with Gasteiger partial charge >= 0.3 is 4.87 Å². The SMILES string of the molecule is CCCC1CC(CC)C(n2c(=O)sc3c(=O)[nH]c(N)nc32)O1. The number of H-pyrrole nitrogens is 1. The van der Waals surface area contributed by atoms with Gasteiger partial charge in [0.25, 0.3) is 5.56 Å². The van der Waals surface area contributed by atoms with E-state index in [2.05, 4.69) is 23.8 Å². The second kappa shape index (κ2) is 5.85. The van der Waals surface area contributed by atoms with Crippen LogP contribution >= 0.6 is 11.3 Å². The van der Waals surface area contributed by atoms with E-state index in [-0.39, 0.29) is 34.6 Å². The molecule has 0 spiro atoms. The van der Waals surface area contributed by atoms with Gasteiger partial charge in [-0.05, 0) is 19.3 Å². The van der Waals surface area contributed by atoms with Gasteiger partial charge in [-0.3, -0.25) is 19.1 Å². The monoisotopic (exact) mass is 324 g/mol. The third-order valence-corrected chi connectivity index (χ3v) is 5.13. The number of rotatable bonds is 4. The molecule has 1 fully saturated rings. The smallest absolute Gasteiger partial charge is 0.311 e. The van der Waals surface area contributed by atoms with Gasteiger partial charge in [0.15, 0.2) is 5.65 Å². The molecule has 0 bridgehead atoms. The Hall–Kier alpha value is -1.67. The van der Waals surface area contributed by atoms with E-state index in [9.17, 15) is 9.59 Å². The van der Waals surface area contributed by atoms with Crippen molar-refractivity contribution < 1.29 is 4.74 Å². The largest absolute Gasteiger partial charge is 0.369 e. The lowest BCUT2D eigenvalue weighted by Gasteiger charge is -2.18. The number of nitrogens with zero attached hydrogens (tertiary/aromatic N) is 2. The maximum Gasteiger partial charge on any atom is 0.311 e. The van der Waals surface area contributed by atoms with Crippen molar-refractivity contribution in [3.63, 3.8) is 0 Å². The van der Waals surface area contributed by atoms with E-state index in [0.717, 1.165) is 37.0 Å². The van der Waals surface area contributed by atoms with E-state index >= 15 is 0 Å². The summed E-state index contributed by atoms with van der Waals surface area (Å²) in [6, 6.07) is 0. The Labute approximate surface area is 131 Å². The van der Waals surface area contributed by atoms with Crippen LogP contribution in [0.5, 0.6) is 0 Å². The average molecular weight is 324 g/mol. The Bertz CT molecular complexity index is 793. The molecule has 3 unspecified atom stereocenters. The Kier molecular flexibility index (Phi) is 4.05. The Morgan fingerprint density at radius 2 is 2.23 bits per heavy atom. The summed E-state index contributed by atoms with van der Waals surface area (Å²) in [6.07, 6.45) is 3.64. The van der Waals surface area contributed by atoms with Crippen molar-refractivity contribution in [3.05, 3.63) is 20.0 Å². The molecule has 3 heterocycles. The molecule has 0 radical (unpaired) electrons. The molecule has 7 nitrogen and oxygen atoms in total. The van der Waals surface area contributed by atoms with Crippen molar-refractivity contribution in [2.45, 2.75) is 51.9 Å². The molecule has 8 heteroatoms. The van der Waals surface area contributed by atoms with Crippen LogP contribution in [0.25, 0.3) is 10.3 Å². The molecule has 3 rings (SSSR count). The average Bonchev–Trinajstić information content (AvgIpc) is 2.99. The van der Waals surface area contributed by atoms with Gasteiger partial charge in [0.1, 0.15) is 10.9 Å². The minimum absolute atomic E-state index is 0.0141. The molecular weight excluding hydrogens is 304 g/mol. The molecular formula is C14H20N4O3S. The van der Waals surface area contributed by atoms with Crippen molar-refractivity contribution in [2.75, 3.05) is 5.73 Å². The number of anilines is 1. The molecule has 0 aliphatic carbocycles. The fourth-order valence-electron chi connectivity index (χ4n) is 3.14. The van der Waals surface area contributed by atoms with E-state index in [4.69, 9.17) is 10.5 Å². The number of hydrogen-bond acceptors (Lipinski definition) is 6. The second-order valence-electron chi connectivity index (χ2n) is 5.68. The Balaban J connectivity index is 2.11. The number of aromatic nitrogens is 3. The third kappa shape index (κ3) is 2.46. The van der Waals surface area contributed by atoms with Gasteiger partial charge in [-0.2, -0.15) is 4.98 Å². The van der Waals surface area contributed by atoms with Crippen LogP contribution in [0.1, 0.15) is 45.8 Å². The molecule has 3 N–H and O–H groups in total. The number of nitrogens with two attached hydrogens (primary N) is 1. The first kappa shape index (κ1) is 15.2. The van der Waals surface area contributed by atoms with Gasteiger partial charge in [-0.25, -0.2) is 0 Å². The van der Waals surface area contributed by atoms with E-state index in [0.29, 0.717) is 10.3 Å². The summed E-state index contributed by atoms with van der Waals surface area (Å²) in [7, 11) is 0. The van der Waals surface area contributed by atoms with Gasteiger partial charge in [0.2, 0.25) is 5.95 Å². The highest BCUT2D eigenvalue weighted by Crippen LogP contribution is 2.38. The van der Waals surface area contributed by atoms with Crippen LogP contribution in [0, 0.1) is 5.92 Å². The first-order valence-corrected chi connectivity index (χ1v) is 8.43. The number of thiazole rings is 1. The molecule has 2 aromatic heterocycles. The summed E-state index contributed by atoms with van der Waals surface area (Å²) < 4.78 is 7.91. The zero-order valence-electron chi connectivity index (χ0n) is 12.7. The summed E-state index contributed by atoms with van der Waals surface area (Å²) in [6.45, 7) is 4.20. The van der Waals surface area contributed by atoms with Crippen LogP contribution in [0.3, 0.4) is 0 Å². The van der Waals surface area contributed by atoms with Gasteiger partial charge in [0, 0.05) is 5.92 Å². The molecule has 120 valence electrons. The van der Waals surface area contributed by atoms with E-state index in [1.165, 1.54) is 4.57 Å². The summed E-state index contributed by atoms with van der Waals surface area (Å²) in [5.41, 5.74) is 5.58. The first-order chi connectivity index (χ1) is 10.5. The van der Waals surface area contributed by atoms with Crippen molar-refractivity contribution in [1.29, 1.82) is 0 Å². The topological polar surface area (TPSA) is 103 Å². The number of nitrogens with one attached hydrogen (secondary N) is 1. The predicted octanol–water partition coefficient (Wildman–Crippen LogP) is 1.84. The Morgan fingerprint density at radius 3 is 2.91 bits per heavy atom. The fraction of sp³-hybridized carbons (Fsp3) is 0.643. The van der Waals surface area contributed by atoms with Crippen LogP contribution in [0.15, 0.2) is 9.59 Å². The third-order valence-electron chi connectivity index (χ3n) is 4.18. The van der Waals surface area contributed by atoms with Crippen molar-refractivity contribution in [3.8, 4) is 0 Å². The van der Waals surface area contributed by atoms with Gasteiger partial charge in [0.05, 0.1) is 6.10 Å². The molecule has 0 aromatic carbocycles. The van der Waals surface area contributed by atoms with Gasteiger partial charge in [-0.15, -0.1) is 0 Å². The highest BCUT2D eigenvalue weighted by atomic mass is 32.1. The number of hydrogen-bond donors (Lipinski definition) is 2.